The van der Waals surface area contributed by atoms with Gasteiger partial charge in [0, 0.05) is 55.6 Å². The predicted octanol–water partition coefficient (Wildman–Crippen LogP) is 4.52. The molecule has 1 aliphatic rings. The van der Waals surface area contributed by atoms with Gasteiger partial charge in [-0.1, -0.05) is 42.7 Å². The van der Waals surface area contributed by atoms with Gasteiger partial charge in [-0.05, 0) is 18.6 Å². The zero-order chi connectivity index (χ0) is 25.3. The molecular weight excluding hydrogens is 498 g/mol. The van der Waals surface area contributed by atoms with E-state index in [4.69, 9.17) is 14.5 Å². The number of thioether (sulfide) groups is 1. The fraction of sp³-hybridized carbons (Fsp3) is 0.375. The third-order valence-corrected chi connectivity index (χ3v) is 7.59. The zero-order valence-corrected chi connectivity index (χ0v) is 22.0. The molecule has 1 saturated heterocycles. The third-order valence-electron chi connectivity index (χ3n) is 5.36. The van der Waals surface area contributed by atoms with Gasteiger partial charge in [0.1, 0.15) is 23.3 Å². The van der Waals surface area contributed by atoms with E-state index in [1.165, 1.54) is 6.08 Å². The van der Waals surface area contributed by atoms with Gasteiger partial charge in [0.15, 0.2) is 4.34 Å². The highest BCUT2D eigenvalue weighted by Gasteiger charge is 2.17. The largest absolute Gasteiger partial charge is 0.445 e. The molecule has 0 atom stereocenters. The lowest BCUT2D eigenvalue weighted by molar-refractivity contribution is 0.122. The van der Waals surface area contributed by atoms with Crippen molar-refractivity contribution < 1.29 is 14.3 Å². The van der Waals surface area contributed by atoms with Gasteiger partial charge in [-0.15, -0.1) is 10.2 Å². The number of pyridine rings is 2. The van der Waals surface area contributed by atoms with E-state index in [0.717, 1.165) is 51.7 Å². The lowest BCUT2D eigenvalue weighted by Crippen LogP contribution is -2.36. The van der Waals surface area contributed by atoms with Gasteiger partial charge >= 0.3 is 6.09 Å². The molecule has 4 heterocycles. The van der Waals surface area contributed by atoms with E-state index in [1.807, 2.05) is 18.0 Å². The molecule has 0 saturated carbocycles. The number of carbonyl (C=O) groups excluding carboxylic acids is 1. The van der Waals surface area contributed by atoms with E-state index in [2.05, 4.69) is 51.0 Å². The summed E-state index contributed by atoms with van der Waals surface area (Å²) >= 11 is 3.26. The van der Waals surface area contributed by atoms with Crippen molar-refractivity contribution in [2.24, 2.45) is 0 Å². The Morgan fingerprint density at radius 1 is 1.33 bits per heavy atom. The summed E-state index contributed by atoms with van der Waals surface area (Å²) in [6.07, 6.45) is 3.44. The third kappa shape index (κ3) is 6.93. The average molecular weight is 528 g/mol. The monoisotopic (exact) mass is 527 g/mol. The van der Waals surface area contributed by atoms with E-state index < -0.39 is 6.09 Å². The summed E-state index contributed by atoms with van der Waals surface area (Å²) in [6, 6.07) is 7.85. The number of nitrogens with zero attached hydrogens (tertiary/aromatic N) is 6. The molecule has 0 bridgehead atoms. The molecule has 3 aromatic heterocycles. The number of morpholine rings is 1. The van der Waals surface area contributed by atoms with Gasteiger partial charge in [0.2, 0.25) is 0 Å². The Balaban J connectivity index is 1.56. The first-order valence-corrected chi connectivity index (χ1v) is 13.4. The SMILES string of the molecule is C=CCOC(=O)Nc1cc(N(C)c2cc(N3CCOCC3)cc(CSc3nnc(CC)s3)n2)ccn1. The minimum absolute atomic E-state index is 0.126. The molecule has 0 spiro atoms. The molecule has 0 unspecified atom stereocenters. The average Bonchev–Trinajstić information content (AvgIpc) is 3.39. The normalized spacial score (nSPS) is 13.3. The first kappa shape index (κ1) is 25.9. The van der Waals surface area contributed by atoms with Crippen molar-refractivity contribution in [2.75, 3.05) is 55.1 Å². The standard InChI is InChI=1S/C24H29N7O3S2/c1-4-10-34-23(32)27-20-14-18(6-7-25-20)30(3)21-15-19(31-8-11-33-12-9-31)13-17(26-21)16-35-24-29-28-22(5-2)36-24/h4,6-7,13-15H,1,5,8-12,16H2,2-3H3,(H,25,27,32). The molecule has 1 aliphatic heterocycles. The Morgan fingerprint density at radius 2 is 2.17 bits per heavy atom. The minimum Gasteiger partial charge on any atom is -0.445 e. The molecule has 36 heavy (non-hydrogen) atoms. The Bertz CT molecular complexity index is 1180. The van der Waals surface area contributed by atoms with Gasteiger partial charge in [-0.2, -0.15) is 0 Å². The van der Waals surface area contributed by atoms with Gasteiger partial charge in [-0.3, -0.25) is 5.32 Å². The van der Waals surface area contributed by atoms with E-state index in [9.17, 15) is 4.79 Å². The van der Waals surface area contributed by atoms with E-state index in [-0.39, 0.29) is 6.61 Å². The molecule has 0 aromatic carbocycles. The van der Waals surface area contributed by atoms with Crippen LogP contribution >= 0.6 is 23.1 Å². The van der Waals surface area contributed by atoms with E-state index in [0.29, 0.717) is 24.8 Å². The van der Waals surface area contributed by atoms with Gasteiger partial charge in [0.05, 0.1) is 18.9 Å². The fourth-order valence-electron chi connectivity index (χ4n) is 3.49. The highest BCUT2D eigenvalue weighted by molar-refractivity contribution is 8.00. The topological polar surface area (TPSA) is 106 Å². The summed E-state index contributed by atoms with van der Waals surface area (Å²) in [6.45, 7) is 8.79. The van der Waals surface area contributed by atoms with Gasteiger partial charge in [-0.25, -0.2) is 14.8 Å². The highest BCUT2D eigenvalue weighted by atomic mass is 32.2. The molecule has 1 fully saturated rings. The summed E-state index contributed by atoms with van der Waals surface area (Å²) in [5.74, 6) is 1.85. The minimum atomic E-state index is -0.586. The second kappa shape index (κ2) is 12.7. The van der Waals surface area contributed by atoms with Crippen molar-refractivity contribution in [1.82, 2.24) is 20.2 Å². The van der Waals surface area contributed by atoms with Crippen LogP contribution in [-0.4, -0.2) is 66.2 Å². The van der Waals surface area contributed by atoms with Crippen LogP contribution in [0.5, 0.6) is 0 Å². The second-order valence-electron chi connectivity index (χ2n) is 7.85. The molecule has 0 radical (unpaired) electrons. The van der Waals surface area contributed by atoms with Gasteiger partial charge in [0.25, 0.3) is 0 Å². The van der Waals surface area contributed by atoms with Crippen LogP contribution in [0.1, 0.15) is 17.6 Å². The van der Waals surface area contributed by atoms with E-state index in [1.54, 1.807) is 35.4 Å². The van der Waals surface area contributed by atoms with Crippen LogP contribution < -0.4 is 15.1 Å². The van der Waals surface area contributed by atoms with Crippen molar-refractivity contribution in [3.63, 3.8) is 0 Å². The number of hydrogen-bond donors (Lipinski definition) is 1. The van der Waals surface area contributed by atoms with Crippen LogP contribution in [0.25, 0.3) is 0 Å². The maximum absolute atomic E-state index is 11.9. The van der Waals surface area contributed by atoms with Crippen molar-refractivity contribution >= 4 is 52.2 Å². The van der Waals surface area contributed by atoms with Crippen LogP contribution in [0.3, 0.4) is 0 Å². The smallest absolute Gasteiger partial charge is 0.413 e. The lowest BCUT2D eigenvalue weighted by atomic mass is 10.2. The number of hydrogen-bond acceptors (Lipinski definition) is 11. The van der Waals surface area contributed by atoms with Crippen LogP contribution in [0.15, 0.2) is 47.5 Å². The van der Waals surface area contributed by atoms with Crippen LogP contribution in [0.2, 0.25) is 0 Å². The molecule has 190 valence electrons. The van der Waals surface area contributed by atoms with Crippen LogP contribution in [0, 0.1) is 0 Å². The fourth-order valence-corrected chi connectivity index (χ4v) is 5.21. The molecular formula is C24H29N7O3S2. The maximum Gasteiger partial charge on any atom is 0.413 e. The molecule has 1 N–H and O–H groups in total. The molecule has 12 heteroatoms. The van der Waals surface area contributed by atoms with Gasteiger partial charge < -0.3 is 19.3 Å². The molecule has 0 aliphatic carbocycles. The number of anilines is 4. The van der Waals surface area contributed by atoms with Crippen LogP contribution in [0.4, 0.5) is 27.8 Å². The Morgan fingerprint density at radius 3 is 2.92 bits per heavy atom. The first-order valence-electron chi connectivity index (χ1n) is 11.6. The zero-order valence-electron chi connectivity index (χ0n) is 20.3. The van der Waals surface area contributed by atoms with E-state index >= 15 is 0 Å². The number of ether oxygens (including phenoxy) is 2. The number of aromatic nitrogens is 4. The Labute approximate surface area is 218 Å². The molecule has 3 aromatic rings. The van der Waals surface area contributed by atoms with Crippen molar-refractivity contribution in [2.45, 2.75) is 23.4 Å². The Kier molecular flexibility index (Phi) is 9.09. The predicted molar refractivity (Wildman–Crippen MR) is 144 cm³/mol. The summed E-state index contributed by atoms with van der Waals surface area (Å²) in [7, 11) is 1.94. The number of rotatable bonds is 10. The second-order valence-corrected chi connectivity index (χ2v) is 10.1. The summed E-state index contributed by atoms with van der Waals surface area (Å²) < 4.78 is 11.5. The summed E-state index contributed by atoms with van der Waals surface area (Å²) in [5, 5.41) is 12.2. The number of nitrogens with one attached hydrogen (secondary N) is 1. The molecule has 10 nitrogen and oxygen atoms in total. The lowest BCUT2D eigenvalue weighted by Gasteiger charge is -2.30. The maximum atomic E-state index is 11.9. The molecule has 1 amide bonds. The van der Waals surface area contributed by atoms with Crippen molar-refractivity contribution in [3.8, 4) is 0 Å². The van der Waals surface area contributed by atoms with Crippen molar-refractivity contribution in [3.05, 3.63) is 53.8 Å². The quantitative estimate of drug-likeness (QED) is 0.299. The van der Waals surface area contributed by atoms with Crippen LogP contribution in [-0.2, 0) is 21.6 Å². The first-order chi connectivity index (χ1) is 17.6. The summed E-state index contributed by atoms with van der Waals surface area (Å²) in [4.78, 5) is 25.4. The summed E-state index contributed by atoms with van der Waals surface area (Å²) in [5.41, 5.74) is 2.86. The Hall–Kier alpha value is -3.22. The number of carbonyl (C=O) groups is 1. The van der Waals surface area contributed by atoms with Crippen molar-refractivity contribution in [1.29, 1.82) is 0 Å². The number of amides is 1. The number of aryl methyl sites for hydroxylation is 1. The molecule has 4 rings (SSSR count). The highest BCUT2D eigenvalue weighted by Crippen LogP contribution is 2.31.